The van der Waals surface area contributed by atoms with Crippen molar-refractivity contribution in [3.8, 4) is 0 Å². The molecule has 0 radical (unpaired) electrons. The summed E-state index contributed by atoms with van der Waals surface area (Å²) in [5.74, 6) is 0.475. The molecule has 1 aliphatic heterocycles. The van der Waals surface area contributed by atoms with E-state index in [1.54, 1.807) is 0 Å². The van der Waals surface area contributed by atoms with Gasteiger partial charge in [0.15, 0.2) is 0 Å². The average Bonchev–Trinajstić information content (AvgIpc) is 2.61. The first-order valence-electron chi connectivity index (χ1n) is 5.13. The fourth-order valence-corrected chi connectivity index (χ4v) is 2.86. The number of nitrogens with one attached hydrogen (secondary N) is 1. The van der Waals surface area contributed by atoms with E-state index in [1.807, 2.05) is 0 Å². The van der Waals surface area contributed by atoms with Gasteiger partial charge in [0.1, 0.15) is 5.54 Å². The van der Waals surface area contributed by atoms with E-state index in [0.717, 1.165) is 25.8 Å². The molecule has 1 saturated carbocycles. The molecular weight excluding hydrogens is 166 g/mol. The van der Waals surface area contributed by atoms with Crippen molar-refractivity contribution in [3.63, 3.8) is 0 Å². The molecule has 2 aliphatic rings. The molecular formula is C10H17NO2. The van der Waals surface area contributed by atoms with Crippen molar-refractivity contribution in [1.29, 1.82) is 0 Å². The fourth-order valence-electron chi connectivity index (χ4n) is 2.86. The molecule has 74 valence electrons. The SMILES string of the molecule is COC(=O)C12CCCCC1CCN2. The first-order chi connectivity index (χ1) is 6.29. The van der Waals surface area contributed by atoms with Crippen molar-refractivity contribution in [1.82, 2.24) is 5.32 Å². The average molecular weight is 183 g/mol. The zero-order valence-electron chi connectivity index (χ0n) is 8.14. The van der Waals surface area contributed by atoms with E-state index in [0.29, 0.717) is 5.92 Å². The highest BCUT2D eigenvalue weighted by Crippen LogP contribution is 2.40. The van der Waals surface area contributed by atoms with Crippen molar-refractivity contribution in [3.05, 3.63) is 0 Å². The molecule has 0 spiro atoms. The molecule has 0 bridgehead atoms. The minimum Gasteiger partial charge on any atom is -0.468 e. The van der Waals surface area contributed by atoms with Gasteiger partial charge >= 0.3 is 5.97 Å². The molecule has 0 amide bonds. The van der Waals surface area contributed by atoms with E-state index in [1.165, 1.54) is 20.0 Å². The Morgan fingerprint density at radius 2 is 2.31 bits per heavy atom. The molecule has 0 aromatic heterocycles. The van der Waals surface area contributed by atoms with E-state index < -0.39 is 0 Å². The second-order valence-corrected chi connectivity index (χ2v) is 4.12. The van der Waals surface area contributed by atoms with Crippen LogP contribution >= 0.6 is 0 Å². The van der Waals surface area contributed by atoms with Gasteiger partial charge in [-0.15, -0.1) is 0 Å². The molecule has 3 heteroatoms. The smallest absolute Gasteiger partial charge is 0.326 e. The molecule has 2 unspecified atom stereocenters. The Kier molecular flexibility index (Phi) is 2.28. The van der Waals surface area contributed by atoms with Gasteiger partial charge in [0.05, 0.1) is 7.11 Å². The Morgan fingerprint density at radius 1 is 1.46 bits per heavy atom. The van der Waals surface area contributed by atoms with Gasteiger partial charge in [-0.2, -0.15) is 0 Å². The molecule has 3 nitrogen and oxygen atoms in total. The second-order valence-electron chi connectivity index (χ2n) is 4.12. The monoisotopic (exact) mass is 183 g/mol. The van der Waals surface area contributed by atoms with Crippen LogP contribution in [0.5, 0.6) is 0 Å². The molecule has 2 fully saturated rings. The van der Waals surface area contributed by atoms with Gasteiger partial charge < -0.3 is 10.1 Å². The summed E-state index contributed by atoms with van der Waals surface area (Å²) in [6.45, 7) is 0.972. The Bertz CT molecular complexity index is 217. The van der Waals surface area contributed by atoms with Crippen LogP contribution in [0.4, 0.5) is 0 Å². The minimum atomic E-state index is -0.312. The molecule has 1 saturated heterocycles. The third kappa shape index (κ3) is 1.26. The minimum absolute atomic E-state index is 0.0466. The molecule has 1 heterocycles. The van der Waals surface area contributed by atoms with Crippen LogP contribution in [0.3, 0.4) is 0 Å². The number of rotatable bonds is 1. The summed E-state index contributed by atoms with van der Waals surface area (Å²) in [6, 6.07) is 0. The van der Waals surface area contributed by atoms with Crippen LogP contribution in [0.25, 0.3) is 0 Å². The van der Waals surface area contributed by atoms with Gasteiger partial charge in [-0.25, -0.2) is 0 Å². The summed E-state index contributed by atoms with van der Waals surface area (Å²) in [5, 5.41) is 3.35. The molecule has 13 heavy (non-hydrogen) atoms. The lowest BCUT2D eigenvalue weighted by Crippen LogP contribution is -2.54. The number of carbonyl (C=O) groups excluding carboxylic acids is 1. The number of ether oxygens (including phenoxy) is 1. The van der Waals surface area contributed by atoms with Crippen molar-refractivity contribution >= 4 is 5.97 Å². The van der Waals surface area contributed by atoms with E-state index in [-0.39, 0.29) is 11.5 Å². The van der Waals surface area contributed by atoms with Crippen LogP contribution in [-0.4, -0.2) is 25.2 Å². The predicted octanol–water partition coefficient (Wildman–Crippen LogP) is 1.08. The van der Waals surface area contributed by atoms with Gasteiger partial charge in [0.25, 0.3) is 0 Å². The summed E-state index contributed by atoms with van der Waals surface area (Å²) in [4.78, 5) is 11.7. The molecule has 1 N–H and O–H groups in total. The Balaban J connectivity index is 2.20. The van der Waals surface area contributed by atoms with E-state index in [4.69, 9.17) is 4.74 Å². The predicted molar refractivity (Wildman–Crippen MR) is 49.3 cm³/mol. The van der Waals surface area contributed by atoms with Crippen molar-refractivity contribution in [2.45, 2.75) is 37.6 Å². The lowest BCUT2D eigenvalue weighted by Gasteiger charge is -2.36. The first kappa shape index (κ1) is 9.00. The van der Waals surface area contributed by atoms with E-state index >= 15 is 0 Å². The zero-order chi connectivity index (χ0) is 9.31. The first-order valence-corrected chi connectivity index (χ1v) is 5.13. The summed E-state index contributed by atoms with van der Waals surface area (Å²) in [5.41, 5.74) is -0.312. The normalized spacial score (nSPS) is 38.4. The number of carbonyl (C=O) groups is 1. The number of hydrogen-bond acceptors (Lipinski definition) is 3. The Morgan fingerprint density at radius 3 is 3.08 bits per heavy atom. The molecule has 2 rings (SSSR count). The summed E-state index contributed by atoms with van der Waals surface area (Å²) >= 11 is 0. The Hall–Kier alpha value is -0.570. The van der Waals surface area contributed by atoms with Crippen LogP contribution in [-0.2, 0) is 9.53 Å². The van der Waals surface area contributed by atoms with E-state index in [9.17, 15) is 4.79 Å². The standard InChI is InChI=1S/C10H17NO2/c1-13-9(12)10-6-3-2-4-8(10)5-7-11-10/h8,11H,2-7H2,1H3. The molecule has 0 aromatic rings. The maximum Gasteiger partial charge on any atom is 0.326 e. The zero-order valence-corrected chi connectivity index (χ0v) is 8.14. The molecule has 1 aliphatic carbocycles. The maximum atomic E-state index is 11.7. The highest BCUT2D eigenvalue weighted by atomic mass is 16.5. The van der Waals surface area contributed by atoms with Crippen molar-refractivity contribution in [2.24, 2.45) is 5.92 Å². The second kappa shape index (κ2) is 3.29. The highest BCUT2D eigenvalue weighted by molar-refractivity contribution is 5.81. The number of esters is 1. The topological polar surface area (TPSA) is 38.3 Å². The van der Waals surface area contributed by atoms with Crippen molar-refractivity contribution < 1.29 is 9.53 Å². The van der Waals surface area contributed by atoms with Crippen molar-refractivity contribution in [2.75, 3.05) is 13.7 Å². The lowest BCUT2D eigenvalue weighted by molar-refractivity contribution is -0.151. The third-order valence-electron chi connectivity index (χ3n) is 3.55. The fraction of sp³-hybridized carbons (Fsp3) is 0.900. The number of methoxy groups -OCH3 is 1. The maximum absolute atomic E-state index is 11.7. The highest BCUT2D eigenvalue weighted by Gasteiger charge is 2.50. The largest absolute Gasteiger partial charge is 0.468 e. The van der Waals surface area contributed by atoms with E-state index in [2.05, 4.69) is 5.32 Å². The van der Waals surface area contributed by atoms with Gasteiger partial charge in [-0.3, -0.25) is 4.79 Å². The number of hydrogen-bond donors (Lipinski definition) is 1. The van der Waals surface area contributed by atoms with Gasteiger partial charge in [0, 0.05) is 0 Å². The molecule has 2 atom stereocenters. The summed E-state index contributed by atoms with van der Waals surface area (Å²) in [6.07, 6.45) is 5.70. The number of fused-ring (bicyclic) bond motifs is 1. The lowest BCUT2D eigenvalue weighted by atomic mass is 9.74. The summed E-state index contributed by atoms with van der Waals surface area (Å²) in [7, 11) is 1.49. The van der Waals surface area contributed by atoms with Crippen LogP contribution < -0.4 is 5.32 Å². The molecule has 0 aromatic carbocycles. The Labute approximate surface area is 78.8 Å². The van der Waals surface area contributed by atoms with Gasteiger partial charge in [0.2, 0.25) is 0 Å². The third-order valence-corrected chi connectivity index (χ3v) is 3.55. The van der Waals surface area contributed by atoms with Gasteiger partial charge in [-0.05, 0) is 31.7 Å². The van der Waals surface area contributed by atoms with Crippen LogP contribution in [0.1, 0.15) is 32.1 Å². The van der Waals surface area contributed by atoms with Crippen LogP contribution in [0, 0.1) is 5.92 Å². The van der Waals surface area contributed by atoms with Crippen LogP contribution in [0.2, 0.25) is 0 Å². The van der Waals surface area contributed by atoms with Gasteiger partial charge in [-0.1, -0.05) is 12.8 Å². The summed E-state index contributed by atoms with van der Waals surface area (Å²) < 4.78 is 4.89. The quantitative estimate of drug-likeness (QED) is 0.618. The van der Waals surface area contributed by atoms with Crippen LogP contribution in [0.15, 0.2) is 0 Å².